The molecular formula is C20H31N3O5. The summed E-state index contributed by atoms with van der Waals surface area (Å²) in [5.41, 5.74) is 1.01. The quantitative estimate of drug-likeness (QED) is 0.708. The van der Waals surface area contributed by atoms with Crippen LogP contribution in [0.2, 0.25) is 0 Å². The number of aliphatic carboxylic acids is 2. The SMILES string of the molecule is CCC(=O)N(c1ccccc1)C(C)CN1CCN(CC)CC1.O=C(O)C(=O)O. The first kappa shape index (κ1) is 23.6. The summed E-state index contributed by atoms with van der Waals surface area (Å²) in [6.45, 7) is 12.9. The van der Waals surface area contributed by atoms with Crippen LogP contribution in [0.25, 0.3) is 0 Å². The van der Waals surface area contributed by atoms with E-state index >= 15 is 0 Å². The third-order valence-corrected chi connectivity index (χ3v) is 4.66. The minimum atomic E-state index is -1.82. The number of likely N-dealkylation sites (N-methyl/N-ethyl adjacent to an activating group) is 1. The van der Waals surface area contributed by atoms with E-state index in [1.165, 1.54) is 0 Å². The number of hydrogen-bond donors (Lipinski definition) is 2. The molecule has 156 valence electrons. The van der Waals surface area contributed by atoms with Crippen molar-refractivity contribution >= 4 is 23.5 Å². The van der Waals surface area contributed by atoms with Crippen molar-refractivity contribution in [3.63, 3.8) is 0 Å². The molecule has 1 saturated heterocycles. The highest BCUT2D eigenvalue weighted by Crippen LogP contribution is 2.19. The topological polar surface area (TPSA) is 101 Å². The molecule has 1 unspecified atom stereocenters. The van der Waals surface area contributed by atoms with Gasteiger partial charge in [-0.05, 0) is 25.6 Å². The second-order valence-corrected chi connectivity index (χ2v) is 6.65. The zero-order valence-electron chi connectivity index (χ0n) is 16.9. The van der Waals surface area contributed by atoms with Crippen LogP contribution in [-0.4, -0.2) is 83.2 Å². The molecule has 8 nitrogen and oxygen atoms in total. The summed E-state index contributed by atoms with van der Waals surface area (Å²) in [7, 11) is 0. The van der Waals surface area contributed by atoms with Crippen LogP contribution in [0.15, 0.2) is 30.3 Å². The summed E-state index contributed by atoms with van der Waals surface area (Å²) in [6, 6.07) is 10.2. The van der Waals surface area contributed by atoms with Gasteiger partial charge in [0.1, 0.15) is 0 Å². The number of hydrogen-bond acceptors (Lipinski definition) is 5. The van der Waals surface area contributed by atoms with Crippen LogP contribution in [0.5, 0.6) is 0 Å². The van der Waals surface area contributed by atoms with Crippen molar-refractivity contribution in [2.75, 3.05) is 44.2 Å². The minimum Gasteiger partial charge on any atom is -0.473 e. The Labute approximate surface area is 166 Å². The Hall–Kier alpha value is -2.45. The molecule has 0 saturated carbocycles. The molecule has 1 aromatic rings. The average Bonchev–Trinajstić information content (AvgIpc) is 2.69. The Balaban J connectivity index is 0.000000568. The smallest absolute Gasteiger partial charge is 0.414 e. The summed E-state index contributed by atoms with van der Waals surface area (Å²) < 4.78 is 0. The van der Waals surface area contributed by atoms with Crippen molar-refractivity contribution in [2.45, 2.75) is 33.2 Å². The molecule has 0 aromatic heterocycles. The first-order chi connectivity index (χ1) is 13.3. The molecule has 8 heteroatoms. The number of amides is 1. The third-order valence-electron chi connectivity index (χ3n) is 4.66. The second kappa shape index (κ2) is 12.1. The number of carbonyl (C=O) groups is 3. The molecule has 0 bridgehead atoms. The summed E-state index contributed by atoms with van der Waals surface area (Å²) in [5, 5.41) is 14.8. The molecule has 1 aliphatic rings. The monoisotopic (exact) mass is 393 g/mol. The van der Waals surface area contributed by atoms with E-state index in [2.05, 4.69) is 23.6 Å². The van der Waals surface area contributed by atoms with Gasteiger partial charge in [0.05, 0.1) is 0 Å². The lowest BCUT2D eigenvalue weighted by Crippen LogP contribution is -2.51. The number of piperazine rings is 1. The number of anilines is 1. The summed E-state index contributed by atoms with van der Waals surface area (Å²) in [6.07, 6.45) is 0.544. The van der Waals surface area contributed by atoms with Crippen LogP contribution in [0.4, 0.5) is 5.69 Å². The third kappa shape index (κ3) is 7.66. The second-order valence-electron chi connectivity index (χ2n) is 6.65. The van der Waals surface area contributed by atoms with Gasteiger partial charge in [-0.3, -0.25) is 9.69 Å². The Morgan fingerprint density at radius 1 is 0.964 bits per heavy atom. The number of benzene rings is 1. The average molecular weight is 393 g/mol. The van der Waals surface area contributed by atoms with E-state index in [4.69, 9.17) is 19.8 Å². The van der Waals surface area contributed by atoms with Gasteiger partial charge in [-0.15, -0.1) is 0 Å². The molecule has 2 rings (SSSR count). The van der Waals surface area contributed by atoms with E-state index in [0.717, 1.165) is 45.0 Å². The Morgan fingerprint density at radius 3 is 1.89 bits per heavy atom. The van der Waals surface area contributed by atoms with E-state index in [0.29, 0.717) is 6.42 Å². The van der Waals surface area contributed by atoms with E-state index in [1.807, 2.05) is 42.2 Å². The standard InChI is InChI=1S/C18H29N3O.C2H2O4/c1-4-18(22)21(17-9-7-6-8-10-17)16(3)15-20-13-11-19(5-2)12-14-20;3-1(4)2(5)6/h6-10,16H,4-5,11-15H2,1-3H3;(H,3,4)(H,5,6). The van der Waals surface area contributed by atoms with Crippen LogP contribution in [0.3, 0.4) is 0 Å². The molecule has 1 aromatic carbocycles. The maximum absolute atomic E-state index is 12.4. The lowest BCUT2D eigenvalue weighted by Gasteiger charge is -2.38. The van der Waals surface area contributed by atoms with Gasteiger partial charge in [-0.25, -0.2) is 9.59 Å². The van der Waals surface area contributed by atoms with Gasteiger partial charge >= 0.3 is 11.9 Å². The van der Waals surface area contributed by atoms with Crippen molar-refractivity contribution in [1.29, 1.82) is 0 Å². The molecule has 0 aliphatic carbocycles. The maximum Gasteiger partial charge on any atom is 0.414 e. The van der Waals surface area contributed by atoms with E-state index in [9.17, 15) is 4.79 Å². The number of nitrogens with zero attached hydrogens (tertiary/aromatic N) is 3. The first-order valence-corrected chi connectivity index (χ1v) is 9.58. The van der Waals surface area contributed by atoms with Crippen molar-refractivity contribution in [1.82, 2.24) is 9.80 Å². The van der Waals surface area contributed by atoms with Crippen LogP contribution in [0, 0.1) is 0 Å². The van der Waals surface area contributed by atoms with E-state index < -0.39 is 11.9 Å². The molecule has 1 aliphatic heterocycles. The lowest BCUT2D eigenvalue weighted by molar-refractivity contribution is -0.159. The number of carboxylic acids is 2. The predicted molar refractivity (Wildman–Crippen MR) is 108 cm³/mol. The van der Waals surface area contributed by atoms with Gasteiger partial charge < -0.3 is 20.0 Å². The van der Waals surface area contributed by atoms with E-state index in [-0.39, 0.29) is 11.9 Å². The molecule has 0 radical (unpaired) electrons. The van der Waals surface area contributed by atoms with Crippen molar-refractivity contribution in [3.05, 3.63) is 30.3 Å². The lowest BCUT2D eigenvalue weighted by atomic mass is 10.1. The van der Waals surface area contributed by atoms with Crippen LogP contribution in [0.1, 0.15) is 27.2 Å². The number of rotatable bonds is 6. The summed E-state index contributed by atoms with van der Waals surface area (Å²) in [4.78, 5) is 37.5. The maximum atomic E-state index is 12.4. The fourth-order valence-electron chi connectivity index (χ4n) is 3.15. The summed E-state index contributed by atoms with van der Waals surface area (Å²) >= 11 is 0. The zero-order valence-corrected chi connectivity index (χ0v) is 16.9. The van der Waals surface area contributed by atoms with Crippen LogP contribution < -0.4 is 4.90 Å². The Morgan fingerprint density at radius 2 is 1.46 bits per heavy atom. The first-order valence-electron chi connectivity index (χ1n) is 9.58. The number of para-hydroxylation sites is 1. The molecular weight excluding hydrogens is 362 g/mol. The molecule has 1 heterocycles. The zero-order chi connectivity index (χ0) is 21.1. The Bertz CT molecular complexity index is 618. The molecule has 1 atom stereocenters. The molecule has 2 N–H and O–H groups in total. The van der Waals surface area contributed by atoms with Crippen molar-refractivity contribution in [2.24, 2.45) is 0 Å². The van der Waals surface area contributed by atoms with Gasteiger partial charge in [-0.2, -0.15) is 0 Å². The van der Waals surface area contributed by atoms with E-state index in [1.54, 1.807) is 0 Å². The molecule has 0 spiro atoms. The Kier molecular flexibility index (Phi) is 10.2. The minimum absolute atomic E-state index is 0.197. The van der Waals surface area contributed by atoms with Gasteiger partial charge in [0.2, 0.25) is 5.91 Å². The number of carboxylic acid groups (broad SMARTS) is 2. The van der Waals surface area contributed by atoms with Crippen molar-refractivity contribution in [3.8, 4) is 0 Å². The van der Waals surface area contributed by atoms with Crippen LogP contribution >= 0.6 is 0 Å². The van der Waals surface area contributed by atoms with Crippen molar-refractivity contribution < 1.29 is 24.6 Å². The molecule has 28 heavy (non-hydrogen) atoms. The fourth-order valence-corrected chi connectivity index (χ4v) is 3.15. The predicted octanol–water partition coefficient (Wildman–Crippen LogP) is 1.61. The molecule has 1 amide bonds. The van der Waals surface area contributed by atoms with Gasteiger partial charge in [0.15, 0.2) is 0 Å². The highest BCUT2D eigenvalue weighted by molar-refractivity contribution is 6.27. The normalized spacial score (nSPS) is 15.8. The van der Waals surface area contributed by atoms with Crippen LogP contribution in [-0.2, 0) is 14.4 Å². The summed E-state index contributed by atoms with van der Waals surface area (Å²) in [5.74, 6) is -3.45. The molecule has 1 fully saturated rings. The van der Waals surface area contributed by atoms with Gasteiger partial charge in [-0.1, -0.05) is 32.0 Å². The fraction of sp³-hybridized carbons (Fsp3) is 0.550. The highest BCUT2D eigenvalue weighted by atomic mass is 16.4. The number of carbonyl (C=O) groups excluding carboxylic acids is 1. The van der Waals surface area contributed by atoms with Gasteiger partial charge in [0.25, 0.3) is 0 Å². The highest BCUT2D eigenvalue weighted by Gasteiger charge is 2.24. The van der Waals surface area contributed by atoms with Gasteiger partial charge in [0, 0.05) is 50.9 Å². The largest absolute Gasteiger partial charge is 0.473 e.